The summed E-state index contributed by atoms with van der Waals surface area (Å²) in [6.45, 7) is 6.31. The summed E-state index contributed by atoms with van der Waals surface area (Å²) in [5.41, 5.74) is 7.11. The summed E-state index contributed by atoms with van der Waals surface area (Å²) >= 11 is 0. The number of benzene rings is 1. The van der Waals surface area contributed by atoms with Crippen molar-refractivity contribution in [3.8, 4) is 5.75 Å². The maximum absolute atomic E-state index is 6.23. The van der Waals surface area contributed by atoms with E-state index in [1.807, 2.05) is 24.3 Å². The van der Waals surface area contributed by atoms with Gasteiger partial charge in [-0.1, -0.05) is 26.0 Å². The third-order valence-electron chi connectivity index (χ3n) is 2.91. The van der Waals surface area contributed by atoms with Crippen molar-refractivity contribution in [2.75, 3.05) is 7.11 Å². The van der Waals surface area contributed by atoms with Crippen molar-refractivity contribution in [1.82, 2.24) is 0 Å². The molecule has 14 heavy (non-hydrogen) atoms. The summed E-state index contributed by atoms with van der Waals surface area (Å²) in [5.74, 6) is 1.28. The molecule has 2 N–H and O–H groups in total. The molecule has 1 aromatic rings. The molecule has 0 unspecified atom stereocenters. The van der Waals surface area contributed by atoms with Crippen LogP contribution in [0.3, 0.4) is 0 Å². The Morgan fingerprint density at radius 1 is 1.21 bits per heavy atom. The molecule has 1 rings (SSSR count). The first kappa shape index (κ1) is 11.1. The van der Waals surface area contributed by atoms with Gasteiger partial charge < -0.3 is 10.5 Å². The van der Waals surface area contributed by atoms with E-state index in [0.717, 1.165) is 11.3 Å². The minimum atomic E-state index is -0.272. The lowest BCUT2D eigenvalue weighted by Gasteiger charge is -2.29. The van der Waals surface area contributed by atoms with Crippen molar-refractivity contribution >= 4 is 0 Å². The van der Waals surface area contributed by atoms with Gasteiger partial charge in [0.2, 0.25) is 0 Å². The van der Waals surface area contributed by atoms with Crippen LogP contribution in [0, 0.1) is 5.92 Å². The lowest BCUT2D eigenvalue weighted by atomic mass is 9.83. The van der Waals surface area contributed by atoms with E-state index in [9.17, 15) is 0 Å². The molecule has 0 spiro atoms. The van der Waals surface area contributed by atoms with Crippen molar-refractivity contribution in [2.45, 2.75) is 26.3 Å². The summed E-state index contributed by atoms with van der Waals surface area (Å²) < 4.78 is 5.10. The average molecular weight is 193 g/mol. The van der Waals surface area contributed by atoms with Gasteiger partial charge in [-0.15, -0.1) is 0 Å². The maximum atomic E-state index is 6.23. The molecule has 0 aliphatic rings. The molecule has 2 nitrogen and oxygen atoms in total. The zero-order valence-corrected chi connectivity index (χ0v) is 9.37. The Balaban J connectivity index is 2.97. The molecule has 78 valence electrons. The SMILES string of the molecule is COc1ccc([C@@](C)(N)C(C)C)cc1. The topological polar surface area (TPSA) is 35.2 Å². The van der Waals surface area contributed by atoms with E-state index in [1.165, 1.54) is 0 Å². The minimum Gasteiger partial charge on any atom is -0.497 e. The third-order valence-corrected chi connectivity index (χ3v) is 2.91. The van der Waals surface area contributed by atoms with Gasteiger partial charge in [0, 0.05) is 5.54 Å². The van der Waals surface area contributed by atoms with E-state index < -0.39 is 0 Å². The van der Waals surface area contributed by atoms with E-state index in [4.69, 9.17) is 10.5 Å². The average Bonchev–Trinajstić information content (AvgIpc) is 2.17. The Bertz CT molecular complexity index is 288. The maximum Gasteiger partial charge on any atom is 0.118 e. The molecule has 0 heterocycles. The van der Waals surface area contributed by atoms with E-state index in [0.29, 0.717) is 5.92 Å². The third kappa shape index (κ3) is 2.07. The summed E-state index contributed by atoms with van der Waals surface area (Å²) in [7, 11) is 1.67. The highest BCUT2D eigenvalue weighted by atomic mass is 16.5. The Morgan fingerprint density at radius 2 is 1.71 bits per heavy atom. The van der Waals surface area contributed by atoms with Crippen LogP contribution in [-0.4, -0.2) is 7.11 Å². The molecular formula is C12H19NO. The quantitative estimate of drug-likeness (QED) is 0.800. The van der Waals surface area contributed by atoms with E-state index >= 15 is 0 Å². The molecule has 1 aromatic carbocycles. The highest BCUT2D eigenvalue weighted by Gasteiger charge is 2.24. The van der Waals surface area contributed by atoms with Crippen molar-refractivity contribution in [1.29, 1.82) is 0 Å². The van der Waals surface area contributed by atoms with Gasteiger partial charge in [-0.3, -0.25) is 0 Å². The molecule has 0 amide bonds. The van der Waals surface area contributed by atoms with Crippen LogP contribution in [0.1, 0.15) is 26.3 Å². The summed E-state index contributed by atoms with van der Waals surface area (Å²) in [6.07, 6.45) is 0. The number of methoxy groups -OCH3 is 1. The standard InChI is InChI=1S/C12H19NO/c1-9(2)12(3,13)10-5-7-11(14-4)8-6-10/h5-9H,13H2,1-4H3/t12-/m0/s1. The van der Waals surface area contributed by atoms with E-state index in [2.05, 4.69) is 20.8 Å². The van der Waals surface area contributed by atoms with E-state index in [-0.39, 0.29) is 5.54 Å². The van der Waals surface area contributed by atoms with Crippen LogP contribution in [0.4, 0.5) is 0 Å². The lowest BCUT2D eigenvalue weighted by Crippen LogP contribution is -2.38. The smallest absolute Gasteiger partial charge is 0.118 e. The Labute approximate surface area is 86.1 Å². The number of nitrogens with two attached hydrogens (primary N) is 1. The highest BCUT2D eigenvalue weighted by Crippen LogP contribution is 2.27. The predicted molar refractivity (Wildman–Crippen MR) is 59.4 cm³/mol. The van der Waals surface area contributed by atoms with Crippen molar-refractivity contribution < 1.29 is 4.74 Å². The highest BCUT2D eigenvalue weighted by molar-refractivity contribution is 5.31. The molecule has 2 heteroatoms. The van der Waals surface area contributed by atoms with Gasteiger partial charge >= 0.3 is 0 Å². The molecule has 0 fully saturated rings. The molecule has 0 aliphatic carbocycles. The van der Waals surface area contributed by atoms with Crippen LogP contribution in [0.15, 0.2) is 24.3 Å². The molecule has 0 aromatic heterocycles. The Kier molecular flexibility index (Phi) is 3.17. The summed E-state index contributed by atoms with van der Waals surface area (Å²) in [5, 5.41) is 0. The fraction of sp³-hybridized carbons (Fsp3) is 0.500. The van der Waals surface area contributed by atoms with Crippen molar-refractivity contribution in [3.63, 3.8) is 0 Å². The van der Waals surface area contributed by atoms with Gasteiger partial charge in [0.05, 0.1) is 7.11 Å². The number of rotatable bonds is 3. The van der Waals surface area contributed by atoms with Crippen LogP contribution in [0.2, 0.25) is 0 Å². The molecule has 0 bridgehead atoms. The summed E-state index contributed by atoms with van der Waals surface area (Å²) in [4.78, 5) is 0. The van der Waals surface area contributed by atoms with Crippen LogP contribution in [0.25, 0.3) is 0 Å². The van der Waals surface area contributed by atoms with Gasteiger partial charge in [0.25, 0.3) is 0 Å². The molecule has 0 radical (unpaired) electrons. The van der Waals surface area contributed by atoms with Crippen LogP contribution in [-0.2, 0) is 5.54 Å². The molecular weight excluding hydrogens is 174 g/mol. The Morgan fingerprint density at radius 3 is 2.07 bits per heavy atom. The summed E-state index contributed by atoms with van der Waals surface area (Å²) in [6, 6.07) is 7.95. The largest absolute Gasteiger partial charge is 0.497 e. The first-order valence-corrected chi connectivity index (χ1v) is 4.92. The fourth-order valence-corrected chi connectivity index (χ4v) is 1.28. The number of hydrogen-bond acceptors (Lipinski definition) is 2. The van der Waals surface area contributed by atoms with Crippen LogP contribution in [0.5, 0.6) is 5.75 Å². The minimum absolute atomic E-state index is 0.272. The van der Waals surface area contributed by atoms with Gasteiger partial charge in [0.1, 0.15) is 5.75 Å². The van der Waals surface area contributed by atoms with Gasteiger partial charge in [-0.25, -0.2) is 0 Å². The van der Waals surface area contributed by atoms with Gasteiger partial charge in [-0.2, -0.15) is 0 Å². The molecule has 0 saturated carbocycles. The molecule has 1 atom stereocenters. The second-order valence-electron chi connectivity index (χ2n) is 4.17. The molecule has 0 aliphatic heterocycles. The van der Waals surface area contributed by atoms with Gasteiger partial charge in [-0.05, 0) is 30.5 Å². The first-order chi connectivity index (χ1) is 6.48. The van der Waals surface area contributed by atoms with E-state index in [1.54, 1.807) is 7.11 Å². The zero-order valence-electron chi connectivity index (χ0n) is 9.37. The van der Waals surface area contributed by atoms with Crippen molar-refractivity contribution in [3.05, 3.63) is 29.8 Å². The second kappa shape index (κ2) is 4.01. The monoisotopic (exact) mass is 193 g/mol. The zero-order chi connectivity index (χ0) is 10.8. The Hall–Kier alpha value is -1.02. The number of ether oxygens (including phenoxy) is 1. The lowest BCUT2D eigenvalue weighted by molar-refractivity contribution is 0.349. The number of hydrogen-bond donors (Lipinski definition) is 1. The second-order valence-corrected chi connectivity index (χ2v) is 4.17. The van der Waals surface area contributed by atoms with Crippen LogP contribution >= 0.6 is 0 Å². The van der Waals surface area contributed by atoms with Gasteiger partial charge in [0.15, 0.2) is 0 Å². The fourth-order valence-electron chi connectivity index (χ4n) is 1.28. The van der Waals surface area contributed by atoms with Crippen molar-refractivity contribution in [2.24, 2.45) is 11.7 Å². The van der Waals surface area contributed by atoms with Crippen LogP contribution < -0.4 is 10.5 Å². The first-order valence-electron chi connectivity index (χ1n) is 4.92. The predicted octanol–water partition coefficient (Wildman–Crippen LogP) is 2.53. The normalized spacial score (nSPS) is 15.3. The molecule has 0 saturated heterocycles.